The Balaban J connectivity index is 1.79. The smallest absolute Gasteiger partial charge is 0.344 e. The number of aromatic carboxylic acids is 1. The van der Waals surface area contributed by atoms with Gasteiger partial charge in [0, 0.05) is 5.56 Å². The van der Waals surface area contributed by atoms with Gasteiger partial charge in [-0.15, -0.1) is 0 Å². The molecule has 0 heterocycles. The number of hydrogen-bond donors (Lipinski definition) is 1. The Hall–Kier alpha value is -4.69. The minimum Gasteiger partial charge on any atom is -0.478 e. The lowest BCUT2D eigenvalue weighted by Gasteiger charge is -2.15. The van der Waals surface area contributed by atoms with Crippen LogP contribution in [0.1, 0.15) is 58.0 Å². The molecule has 0 saturated carbocycles. The summed E-state index contributed by atoms with van der Waals surface area (Å²) in [4.78, 5) is 25.6. The number of nitrogens with zero attached hydrogens (tertiary/aromatic N) is 1. The molecule has 5 nitrogen and oxygen atoms in total. The van der Waals surface area contributed by atoms with Crippen LogP contribution in [0.5, 0.6) is 5.75 Å². The van der Waals surface area contributed by atoms with Gasteiger partial charge in [-0.2, -0.15) is 5.26 Å². The fourth-order valence-corrected chi connectivity index (χ4v) is 4.32. The fourth-order valence-electron chi connectivity index (χ4n) is 4.32. The Labute approximate surface area is 216 Å². The molecule has 37 heavy (non-hydrogen) atoms. The van der Waals surface area contributed by atoms with E-state index in [1.165, 1.54) is 6.07 Å². The molecule has 0 saturated heterocycles. The first-order chi connectivity index (χ1) is 18.0. The number of nitriles is 1. The third-order valence-electron chi connectivity index (χ3n) is 6.22. The third-order valence-corrected chi connectivity index (χ3v) is 6.22. The van der Waals surface area contributed by atoms with Gasteiger partial charge >= 0.3 is 11.9 Å². The van der Waals surface area contributed by atoms with E-state index >= 15 is 0 Å². The van der Waals surface area contributed by atoms with Gasteiger partial charge in [-0.05, 0) is 65.4 Å². The molecule has 0 unspecified atom stereocenters. The number of hydrogen-bond acceptors (Lipinski definition) is 4. The van der Waals surface area contributed by atoms with Crippen LogP contribution < -0.4 is 4.74 Å². The maximum Gasteiger partial charge on any atom is 0.344 e. The van der Waals surface area contributed by atoms with Crippen molar-refractivity contribution in [3.8, 4) is 34.1 Å². The van der Waals surface area contributed by atoms with Gasteiger partial charge in [0.2, 0.25) is 0 Å². The van der Waals surface area contributed by atoms with Crippen molar-refractivity contribution in [1.82, 2.24) is 0 Å². The molecule has 0 aliphatic heterocycles. The van der Waals surface area contributed by atoms with Crippen LogP contribution in [0.25, 0.3) is 22.3 Å². The zero-order valence-corrected chi connectivity index (χ0v) is 20.6. The Kier molecular flexibility index (Phi) is 8.12. The van der Waals surface area contributed by atoms with Gasteiger partial charge in [0.05, 0.1) is 22.8 Å². The summed E-state index contributed by atoms with van der Waals surface area (Å²) in [7, 11) is 0. The van der Waals surface area contributed by atoms with Crippen molar-refractivity contribution in [3.63, 3.8) is 0 Å². The first kappa shape index (κ1) is 25.4. The number of carboxylic acid groups (broad SMARTS) is 1. The van der Waals surface area contributed by atoms with E-state index in [1.807, 2.05) is 42.5 Å². The summed E-state index contributed by atoms with van der Waals surface area (Å²) in [6, 6.07) is 28.7. The van der Waals surface area contributed by atoms with Gasteiger partial charge < -0.3 is 9.84 Å². The van der Waals surface area contributed by atoms with Crippen LogP contribution >= 0.6 is 0 Å². The average Bonchev–Trinajstić information content (AvgIpc) is 2.93. The van der Waals surface area contributed by atoms with E-state index in [2.05, 4.69) is 13.0 Å². The topological polar surface area (TPSA) is 87.4 Å². The van der Waals surface area contributed by atoms with Crippen LogP contribution in [0.3, 0.4) is 0 Å². The van der Waals surface area contributed by atoms with Crippen molar-refractivity contribution in [2.75, 3.05) is 0 Å². The molecule has 0 aromatic heterocycles. The molecule has 0 aliphatic carbocycles. The number of carbonyl (C=O) groups is 2. The fraction of sp³-hybridized carbons (Fsp3) is 0.156. The van der Waals surface area contributed by atoms with Crippen molar-refractivity contribution in [2.24, 2.45) is 0 Å². The Morgan fingerprint density at radius 2 is 1.57 bits per heavy atom. The predicted octanol–water partition coefficient (Wildman–Crippen LogP) is 7.54. The van der Waals surface area contributed by atoms with E-state index in [0.29, 0.717) is 22.3 Å². The summed E-state index contributed by atoms with van der Waals surface area (Å²) in [6.07, 6.45) is 4.00. The van der Waals surface area contributed by atoms with Crippen LogP contribution in [0, 0.1) is 11.3 Å². The molecule has 4 aromatic carbocycles. The molecule has 0 radical (unpaired) electrons. The molecule has 184 valence electrons. The van der Waals surface area contributed by atoms with E-state index in [1.54, 1.807) is 42.5 Å². The highest BCUT2D eigenvalue weighted by molar-refractivity contribution is 6.03. The van der Waals surface area contributed by atoms with Gasteiger partial charge in [-0.1, -0.05) is 80.4 Å². The second kappa shape index (κ2) is 11.8. The minimum absolute atomic E-state index is 0.110. The SMILES string of the molecule is CCCCCc1ccc(C(=O)Oc2cc(C#N)ccc2-c2ccccc2)c(-c2ccccc2C(=O)O)c1. The van der Waals surface area contributed by atoms with E-state index in [4.69, 9.17) is 4.74 Å². The maximum absolute atomic E-state index is 13.6. The molecular formula is C32H27NO4. The summed E-state index contributed by atoms with van der Waals surface area (Å²) in [5.74, 6) is -1.43. The summed E-state index contributed by atoms with van der Waals surface area (Å²) < 4.78 is 5.89. The minimum atomic E-state index is -1.07. The molecule has 0 bridgehead atoms. The van der Waals surface area contributed by atoms with Gasteiger partial charge in [-0.25, -0.2) is 9.59 Å². The number of rotatable bonds is 9. The highest BCUT2D eigenvalue weighted by atomic mass is 16.5. The van der Waals surface area contributed by atoms with Crippen LogP contribution in [0.4, 0.5) is 0 Å². The molecule has 0 fully saturated rings. The summed E-state index contributed by atoms with van der Waals surface area (Å²) in [5.41, 5.74) is 4.24. The standard InChI is InChI=1S/C32H27NO4/c1-2-3-5-10-22-15-18-28(29(19-22)26-13-8-9-14-27(26)31(34)35)32(36)37-30-20-23(21-33)16-17-25(30)24-11-6-4-7-12-24/h4,6-9,11-20H,2-3,5,10H2,1H3,(H,34,35). The van der Waals surface area contributed by atoms with Crippen molar-refractivity contribution < 1.29 is 19.4 Å². The quantitative estimate of drug-likeness (QED) is 0.149. The highest BCUT2D eigenvalue weighted by Crippen LogP contribution is 2.34. The zero-order valence-electron chi connectivity index (χ0n) is 20.6. The monoisotopic (exact) mass is 489 g/mol. The Bertz CT molecular complexity index is 1470. The molecule has 4 aromatic rings. The number of esters is 1. The second-order valence-corrected chi connectivity index (χ2v) is 8.77. The van der Waals surface area contributed by atoms with E-state index in [0.717, 1.165) is 36.8 Å². The number of benzene rings is 4. The molecule has 4 rings (SSSR count). The van der Waals surface area contributed by atoms with Crippen LogP contribution in [-0.4, -0.2) is 17.0 Å². The van der Waals surface area contributed by atoms with Crippen LogP contribution in [0.15, 0.2) is 91.0 Å². The highest BCUT2D eigenvalue weighted by Gasteiger charge is 2.21. The van der Waals surface area contributed by atoms with Gasteiger partial charge in [0.25, 0.3) is 0 Å². The van der Waals surface area contributed by atoms with Crippen molar-refractivity contribution >= 4 is 11.9 Å². The molecule has 0 amide bonds. The third kappa shape index (κ3) is 5.94. The van der Waals surface area contributed by atoms with E-state index in [-0.39, 0.29) is 16.9 Å². The first-order valence-electron chi connectivity index (χ1n) is 12.3. The predicted molar refractivity (Wildman–Crippen MR) is 144 cm³/mol. The average molecular weight is 490 g/mol. The number of carbonyl (C=O) groups excluding carboxylic acids is 1. The second-order valence-electron chi connectivity index (χ2n) is 8.77. The van der Waals surface area contributed by atoms with Crippen molar-refractivity contribution in [3.05, 3.63) is 113 Å². The van der Waals surface area contributed by atoms with E-state index in [9.17, 15) is 20.0 Å². The Morgan fingerprint density at radius 1 is 0.811 bits per heavy atom. The van der Waals surface area contributed by atoms with Crippen LogP contribution in [0.2, 0.25) is 0 Å². The molecular weight excluding hydrogens is 462 g/mol. The maximum atomic E-state index is 13.6. The lowest BCUT2D eigenvalue weighted by molar-refractivity contribution is 0.0694. The van der Waals surface area contributed by atoms with Gasteiger partial charge in [-0.3, -0.25) is 0 Å². The molecule has 1 N–H and O–H groups in total. The van der Waals surface area contributed by atoms with E-state index < -0.39 is 11.9 Å². The molecule has 0 atom stereocenters. The summed E-state index contributed by atoms with van der Waals surface area (Å²) in [5, 5.41) is 19.2. The summed E-state index contributed by atoms with van der Waals surface area (Å²) in [6.45, 7) is 2.14. The lowest BCUT2D eigenvalue weighted by Crippen LogP contribution is -2.12. The summed E-state index contributed by atoms with van der Waals surface area (Å²) >= 11 is 0. The number of aryl methyl sites for hydroxylation is 1. The molecule has 0 aliphatic rings. The largest absolute Gasteiger partial charge is 0.478 e. The normalized spacial score (nSPS) is 10.5. The first-order valence-corrected chi connectivity index (χ1v) is 12.3. The number of unbranched alkanes of at least 4 members (excludes halogenated alkanes) is 2. The van der Waals surface area contributed by atoms with Gasteiger partial charge in [0.15, 0.2) is 0 Å². The number of ether oxygens (including phenoxy) is 1. The van der Waals surface area contributed by atoms with Crippen LogP contribution in [-0.2, 0) is 6.42 Å². The number of carboxylic acids is 1. The van der Waals surface area contributed by atoms with Crippen molar-refractivity contribution in [1.29, 1.82) is 5.26 Å². The Morgan fingerprint density at radius 3 is 2.30 bits per heavy atom. The zero-order chi connectivity index (χ0) is 26.2. The molecule has 5 heteroatoms. The van der Waals surface area contributed by atoms with Crippen molar-refractivity contribution in [2.45, 2.75) is 32.6 Å². The van der Waals surface area contributed by atoms with Gasteiger partial charge in [0.1, 0.15) is 5.75 Å². The lowest BCUT2D eigenvalue weighted by atomic mass is 9.92. The molecule has 0 spiro atoms.